The fourth-order valence-electron chi connectivity index (χ4n) is 1.88. The van der Waals surface area contributed by atoms with Gasteiger partial charge in [-0.1, -0.05) is 13.5 Å². The van der Waals surface area contributed by atoms with E-state index in [0.717, 1.165) is 0 Å². The number of rotatable bonds is 7. The average Bonchev–Trinajstić information content (AvgIpc) is 2.26. The van der Waals surface area contributed by atoms with Gasteiger partial charge in [0.2, 0.25) is 6.04 Å². The quantitative estimate of drug-likeness (QED) is 0.253. The van der Waals surface area contributed by atoms with E-state index in [4.69, 9.17) is 9.57 Å². The summed E-state index contributed by atoms with van der Waals surface area (Å²) < 4.78 is 5.01. The summed E-state index contributed by atoms with van der Waals surface area (Å²) in [4.78, 5) is 29.5. The van der Waals surface area contributed by atoms with Crippen LogP contribution >= 0.6 is 0 Å². The molecule has 0 bridgehead atoms. The molecule has 0 saturated heterocycles. The highest BCUT2D eigenvalue weighted by molar-refractivity contribution is 5.86. The zero-order valence-electron chi connectivity index (χ0n) is 14.3. The Balaban J connectivity index is 0. The minimum atomic E-state index is -0.709. The van der Waals surface area contributed by atoms with Gasteiger partial charge in [0.1, 0.15) is 19.2 Å². The topological polar surface area (TPSA) is 72.8 Å². The van der Waals surface area contributed by atoms with E-state index in [1.165, 1.54) is 6.92 Å². The van der Waals surface area contributed by atoms with Crippen LogP contribution < -0.4 is 17.0 Å². The first-order chi connectivity index (χ1) is 9.46. The van der Waals surface area contributed by atoms with Gasteiger partial charge in [-0.15, -0.1) is 4.65 Å². The van der Waals surface area contributed by atoms with E-state index in [1.54, 1.807) is 34.7 Å². The first-order valence-corrected chi connectivity index (χ1v) is 7.05. The highest BCUT2D eigenvalue weighted by atomic mass is 79.9. The van der Waals surface area contributed by atoms with Gasteiger partial charge in [0.25, 0.3) is 0 Å². The van der Waals surface area contributed by atoms with Crippen molar-refractivity contribution in [2.75, 3.05) is 20.2 Å². The molecule has 6 nitrogen and oxygen atoms in total. The molecule has 2 unspecified atom stereocenters. The zero-order chi connectivity index (χ0) is 16.8. The number of nitrogens with zero attached hydrogens (tertiary/aromatic N) is 1. The number of esters is 1. The van der Waals surface area contributed by atoms with Crippen LogP contribution in [0.15, 0.2) is 12.2 Å². The second-order valence-electron chi connectivity index (χ2n) is 6.24. The van der Waals surface area contributed by atoms with E-state index in [-0.39, 0.29) is 40.4 Å². The third-order valence-corrected chi connectivity index (χ3v) is 2.91. The van der Waals surface area contributed by atoms with Crippen molar-refractivity contribution in [2.45, 2.75) is 52.7 Å². The maximum absolute atomic E-state index is 12.3. The van der Waals surface area contributed by atoms with Crippen LogP contribution in [0.3, 0.4) is 0 Å². The molecule has 22 heavy (non-hydrogen) atoms. The van der Waals surface area contributed by atoms with Gasteiger partial charge in [0, 0.05) is 12.0 Å². The second kappa shape index (κ2) is 9.27. The Labute approximate surface area is 143 Å². The van der Waals surface area contributed by atoms with Gasteiger partial charge >= 0.3 is 11.9 Å². The molecule has 0 fully saturated rings. The van der Waals surface area contributed by atoms with Crippen LogP contribution in [0.2, 0.25) is 0 Å². The SMILES string of the molecule is C=C(C)C(=O)O[N+](C)(CCO)C(CC)C(=O)OC(C)(C)C.[Br-]. The van der Waals surface area contributed by atoms with Crippen molar-refractivity contribution in [1.29, 1.82) is 0 Å². The number of likely N-dealkylation sites (N-methyl/N-ethyl adjacent to an activating group) is 1. The number of carbonyl (C=O) groups excluding carboxylic acids is 2. The Bertz CT molecular complexity index is 405. The standard InChI is InChI=1S/C15H28NO5.BrH/c1-8-12(14(19)20-15(4,5)6)16(7,9-10-17)21-13(18)11(2)3;/h12,17H,2,8-10H2,1,3-7H3;1H/q+1;/p-1. The molecule has 0 aliphatic carbocycles. The smallest absolute Gasteiger partial charge is 0.392 e. The number of carbonyl (C=O) groups is 2. The third-order valence-electron chi connectivity index (χ3n) is 2.91. The van der Waals surface area contributed by atoms with Gasteiger partial charge in [-0.25, -0.2) is 9.59 Å². The molecule has 0 rings (SSSR count). The van der Waals surface area contributed by atoms with Crippen LogP contribution in [0.1, 0.15) is 41.0 Å². The zero-order valence-corrected chi connectivity index (χ0v) is 15.9. The third kappa shape index (κ3) is 7.38. The summed E-state index contributed by atoms with van der Waals surface area (Å²) in [5.41, 5.74) is -0.399. The van der Waals surface area contributed by atoms with Crippen LogP contribution in [0.4, 0.5) is 0 Å². The van der Waals surface area contributed by atoms with Crippen LogP contribution in [0.5, 0.6) is 0 Å². The second-order valence-corrected chi connectivity index (χ2v) is 6.24. The molecule has 1 N–H and O–H groups in total. The lowest BCUT2D eigenvalue weighted by Gasteiger charge is -2.36. The number of aliphatic hydroxyl groups is 1. The number of ether oxygens (including phenoxy) is 1. The van der Waals surface area contributed by atoms with Crippen molar-refractivity contribution in [3.63, 3.8) is 0 Å². The lowest BCUT2D eigenvalue weighted by Crippen LogP contribution is -3.00. The molecule has 0 aliphatic heterocycles. The summed E-state index contributed by atoms with van der Waals surface area (Å²) in [5.74, 6) is -1.07. The number of quaternary nitrogens is 1. The molecule has 0 radical (unpaired) electrons. The van der Waals surface area contributed by atoms with E-state index in [2.05, 4.69) is 6.58 Å². The Kier molecular flexibility index (Phi) is 9.84. The van der Waals surface area contributed by atoms with Gasteiger partial charge in [-0.2, -0.15) is 0 Å². The average molecular weight is 382 g/mol. The summed E-state index contributed by atoms with van der Waals surface area (Å²) in [6.07, 6.45) is 0.412. The largest absolute Gasteiger partial charge is 1.00 e. The minimum absolute atomic E-state index is 0. The van der Waals surface area contributed by atoms with E-state index >= 15 is 0 Å². The number of aliphatic hydroxyl groups excluding tert-OH is 1. The molecule has 130 valence electrons. The van der Waals surface area contributed by atoms with Crippen molar-refractivity contribution in [3.05, 3.63) is 12.2 Å². The molecule has 0 aromatic carbocycles. The molecule has 0 saturated carbocycles. The number of hydrogen-bond acceptors (Lipinski definition) is 5. The van der Waals surface area contributed by atoms with Crippen molar-refractivity contribution in [2.24, 2.45) is 0 Å². The monoisotopic (exact) mass is 381 g/mol. The maximum atomic E-state index is 12.3. The number of hydrogen-bond donors (Lipinski definition) is 1. The normalized spacial score (nSPS) is 15.0. The molecule has 0 aromatic rings. The molecule has 2 atom stereocenters. The molecule has 0 heterocycles. The fraction of sp³-hybridized carbons (Fsp3) is 0.733. The molecule has 0 spiro atoms. The van der Waals surface area contributed by atoms with E-state index < -0.39 is 23.6 Å². The maximum Gasteiger partial charge on any atom is 0.392 e. The van der Waals surface area contributed by atoms with Gasteiger partial charge in [0.05, 0.1) is 6.61 Å². The summed E-state index contributed by atoms with van der Waals surface area (Å²) in [7, 11) is 1.58. The van der Waals surface area contributed by atoms with Crippen LogP contribution in [0.25, 0.3) is 0 Å². The molecular weight excluding hydrogens is 354 g/mol. The summed E-state index contributed by atoms with van der Waals surface area (Å²) in [5, 5.41) is 9.23. The Morgan fingerprint density at radius 1 is 1.32 bits per heavy atom. The molecular formula is C15H28BrNO5. The van der Waals surface area contributed by atoms with Gasteiger partial charge < -0.3 is 26.8 Å². The van der Waals surface area contributed by atoms with Gasteiger partial charge in [-0.3, -0.25) is 4.84 Å². The highest BCUT2D eigenvalue weighted by Crippen LogP contribution is 2.20. The summed E-state index contributed by atoms with van der Waals surface area (Å²) >= 11 is 0. The van der Waals surface area contributed by atoms with Crippen LogP contribution in [-0.2, 0) is 19.2 Å². The number of hydroxylamine groups is 3. The van der Waals surface area contributed by atoms with E-state index in [0.29, 0.717) is 6.42 Å². The van der Waals surface area contributed by atoms with Crippen LogP contribution in [-0.4, -0.2) is 53.5 Å². The predicted molar refractivity (Wildman–Crippen MR) is 79.0 cm³/mol. The highest BCUT2D eigenvalue weighted by Gasteiger charge is 2.44. The molecule has 0 aliphatic rings. The lowest BCUT2D eigenvalue weighted by atomic mass is 10.1. The first-order valence-electron chi connectivity index (χ1n) is 7.05. The Morgan fingerprint density at radius 2 is 1.82 bits per heavy atom. The molecule has 0 aromatic heterocycles. The van der Waals surface area contributed by atoms with Crippen molar-refractivity contribution in [1.82, 2.24) is 0 Å². The Morgan fingerprint density at radius 3 is 2.14 bits per heavy atom. The summed E-state index contributed by atoms with van der Waals surface area (Å²) in [6, 6.07) is -0.709. The van der Waals surface area contributed by atoms with E-state index in [1.807, 2.05) is 0 Å². The number of halogens is 1. The minimum Gasteiger partial charge on any atom is -1.00 e. The molecule has 0 amide bonds. The van der Waals surface area contributed by atoms with Crippen molar-refractivity contribution in [3.8, 4) is 0 Å². The predicted octanol–water partition coefficient (Wildman–Crippen LogP) is -1.42. The lowest BCUT2D eigenvalue weighted by molar-refractivity contribution is -1.09. The van der Waals surface area contributed by atoms with Crippen LogP contribution in [0, 0.1) is 0 Å². The fourth-order valence-corrected chi connectivity index (χ4v) is 1.88. The van der Waals surface area contributed by atoms with Gasteiger partial charge in [-0.05, 0) is 27.7 Å². The van der Waals surface area contributed by atoms with Crippen molar-refractivity contribution < 1.29 is 45.9 Å². The van der Waals surface area contributed by atoms with Crippen molar-refractivity contribution >= 4 is 11.9 Å². The first kappa shape index (κ1) is 23.3. The summed E-state index contributed by atoms with van der Waals surface area (Å²) in [6.45, 7) is 12.0. The Hall–Kier alpha value is -0.920. The van der Waals surface area contributed by atoms with Gasteiger partial charge in [0.15, 0.2) is 0 Å². The molecule has 7 heteroatoms. The van der Waals surface area contributed by atoms with E-state index in [9.17, 15) is 14.7 Å².